The molecule has 0 atom stereocenters. The molecule has 0 N–H and O–H groups in total. The van der Waals surface area contributed by atoms with E-state index in [1.165, 1.54) is 11.1 Å². The fraction of sp³-hybridized carbons (Fsp3) is 0.500. The summed E-state index contributed by atoms with van der Waals surface area (Å²) < 4.78 is 0. The predicted octanol–water partition coefficient (Wildman–Crippen LogP) is 3.68. The van der Waals surface area contributed by atoms with Crippen LogP contribution in [0, 0.1) is 0 Å². The van der Waals surface area contributed by atoms with Gasteiger partial charge in [0.05, 0.1) is 0 Å². The van der Waals surface area contributed by atoms with Crippen LogP contribution in [0.2, 0.25) is 0 Å². The van der Waals surface area contributed by atoms with Crippen molar-refractivity contribution in [2.24, 2.45) is 0 Å². The monoisotopic (exact) mass is 244 g/mol. The van der Waals surface area contributed by atoms with E-state index in [0.717, 1.165) is 49.7 Å². The number of hydrogen-bond donors (Lipinski definition) is 0. The van der Waals surface area contributed by atoms with Gasteiger partial charge in [-0.3, -0.25) is 9.59 Å². The lowest BCUT2D eigenvalue weighted by atomic mass is 10.0. The third-order valence-corrected chi connectivity index (χ3v) is 3.86. The minimum atomic E-state index is 0.194. The van der Waals surface area contributed by atoms with Crippen molar-refractivity contribution >= 4 is 11.6 Å². The van der Waals surface area contributed by atoms with Gasteiger partial charge in [0.2, 0.25) is 0 Å². The summed E-state index contributed by atoms with van der Waals surface area (Å²) in [5.74, 6) is 0.388. The van der Waals surface area contributed by atoms with Crippen molar-refractivity contribution in [3.63, 3.8) is 0 Å². The lowest BCUT2D eigenvalue weighted by molar-refractivity contribution is -0.114. The van der Waals surface area contributed by atoms with Crippen LogP contribution in [0.4, 0.5) is 0 Å². The van der Waals surface area contributed by atoms with Crippen LogP contribution < -0.4 is 0 Å². The Morgan fingerprint density at radius 3 is 1.50 bits per heavy atom. The molecular weight excluding hydrogens is 224 g/mol. The second-order valence-corrected chi connectivity index (χ2v) is 5.16. The van der Waals surface area contributed by atoms with Crippen LogP contribution in [0.3, 0.4) is 0 Å². The third-order valence-electron chi connectivity index (χ3n) is 3.86. The highest BCUT2D eigenvalue weighted by Crippen LogP contribution is 2.31. The van der Waals surface area contributed by atoms with E-state index >= 15 is 0 Å². The Labute approximate surface area is 108 Å². The molecule has 0 radical (unpaired) electrons. The summed E-state index contributed by atoms with van der Waals surface area (Å²) in [5, 5.41) is 0. The van der Waals surface area contributed by atoms with Crippen LogP contribution in [-0.2, 0) is 9.59 Å². The van der Waals surface area contributed by atoms with Crippen molar-refractivity contribution in [3.8, 4) is 0 Å². The van der Waals surface area contributed by atoms with E-state index in [1.807, 2.05) is 0 Å². The van der Waals surface area contributed by atoms with Gasteiger partial charge in [0.1, 0.15) is 0 Å². The van der Waals surface area contributed by atoms with Gasteiger partial charge >= 0.3 is 0 Å². The molecule has 0 heterocycles. The van der Waals surface area contributed by atoms with Crippen molar-refractivity contribution in [2.75, 3.05) is 0 Å². The van der Waals surface area contributed by atoms with Crippen molar-refractivity contribution in [1.82, 2.24) is 0 Å². The number of hydrogen-bond acceptors (Lipinski definition) is 2. The van der Waals surface area contributed by atoms with Gasteiger partial charge in [0.15, 0.2) is 11.6 Å². The maximum absolute atomic E-state index is 11.5. The zero-order valence-corrected chi connectivity index (χ0v) is 11.2. The van der Waals surface area contributed by atoms with Crippen LogP contribution in [0.25, 0.3) is 0 Å². The zero-order chi connectivity index (χ0) is 13.1. The molecule has 2 nitrogen and oxygen atoms in total. The van der Waals surface area contributed by atoms with Crippen molar-refractivity contribution in [3.05, 3.63) is 34.4 Å². The predicted molar refractivity (Wildman–Crippen MR) is 72.3 cm³/mol. The first-order valence-electron chi connectivity index (χ1n) is 6.73. The Morgan fingerprint density at radius 2 is 1.17 bits per heavy atom. The second kappa shape index (κ2) is 5.47. The molecule has 0 aromatic carbocycles. The van der Waals surface area contributed by atoms with Crippen LogP contribution in [0.15, 0.2) is 34.4 Å². The van der Waals surface area contributed by atoms with Crippen molar-refractivity contribution in [2.45, 2.75) is 52.4 Å². The highest BCUT2D eigenvalue weighted by Gasteiger charge is 2.18. The molecule has 0 fully saturated rings. The number of carbonyl (C=O) groups is 2. The molecule has 2 rings (SSSR count). The average Bonchev–Trinajstić information content (AvgIpc) is 2.94. The topological polar surface area (TPSA) is 34.1 Å². The Morgan fingerprint density at radius 1 is 0.778 bits per heavy atom. The molecule has 18 heavy (non-hydrogen) atoms. The van der Waals surface area contributed by atoms with Crippen molar-refractivity contribution in [1.29, 1.82) is 0 Å². The smallest absolute Gasteiger partial charge is 0.156 e. The fourth-order valence-electron chi connectivity index (χ4n) is 2.91. The Hall–Kier alpha value is -1.44. The molecule has 2 aliphatic carbocycles. The lowest BCUT2D eigenvalue weighted by Crippen LogP contribution is -1.96. The molecule has 0 saturated carbocycles. The number of carbonyl (C=O) groups excluding carboxylic acids is 2. The SMILES string of the molecule is CC(=O)C1=C(/C=C/C2=C(C(C)=O)CCC2)CCC1. The first-order valence-corrected chi connectivity index (χ1v) is 6.73. The third kappa shape index (κ3) is 2.69. The quantitative estimate of drug-likeness (QED) is 0.756. The van der Waals surface area contributed by atoms with Gasteiger partial charge < -0.3 is 0 Å². The van der Waals surface area contributed by atoms with Crippen LogP contribution in [-0.4, -0.2) is 11.6 Å². The van der Waals surface area contributed by atoms with Crippen molar-refractivity contribution < 1.29 is 9.59 Å². The molecule has 2 aliphatic rings. The summed E-state index contributed by atoms with van der Waals surface area (Å²) in [6.45, 7) is 3.29. The summed E-state index contributed by atoms with van der Waals surface area (Å²) in [4.78, 5) is 22.9. The fourth-order valence-corrected chi connectivity index (χ4v) is 2.91. The van der Waals surface area contributed by atoms with Crippen LogP contribution >= 0.6 is 0 Å². The molecule has 0 unspecified atom stereocenters. The van der Waals surface area contributed by atoms with E-state index in [-0.39, 0.29) is 11.6 Å². The minimum Gasteiger partial charge on any atom is -0.295 e. The average molecular weight is 244 g/mol. The van der Waals surface area contributed by atoms with Gasteiger partial charge in [-0.1, -0.05) is 12.2 Å². The standard InChI is InChI=1S/C16H20O2/c1-11(17)15-7-3-5-13(15)9-10-14-6-4-8-16(14)12(2)18/h9-10H,3-8H2,1-2H3/b10-9+. The first-order chi connectivity index (χ1) is 8.59. The normalized spacial score (nSPS) is 20.3. The number of allylic oxidation sites excluding steroid dienone is 6. The summed E-state index contributed by atoms with van der Waals surface area (Å²) in [5.41, 5.74) is 4.30. The highest BCUT2D eigenvalue weighted by molar-refractivity contribution is 5.96. The van der Waals surface area contributed by atoms with E-state index in [9.17, 15) is 9.59 Å². The Balaban J connectivity index is 2.21. The van der Waals surface area contributed by atoms with Gasteiger partial charge in [0.25, 0.3) is 0 Å². The molecule has 2 heteroatoms. The van der Waals surface area contributed by atoms with Crippen LogP contribution in [0.5, 0.6) is 0 Å². The Kier molecular flexibility index (Phi) is 3.95. The molecule has 0 aliphatic heterocycles. The molecule has 0 aromatic heterocycles. The maximum atomic E-state index is 11.5. The van der Waals surface area contributed by atoms with E-state index in [0.29, 0.717) is 0 Å². The van der Waals surface area contributed by atoms with Crippen LogP contribution in [0.1, 0.15) is 52.4 Å². The van der Waals surface area contributed by atoms with E-state index in [2.05, 4.69) is 12.2 Å². The molecule has 0 amide bonds. The van der Waals surface area contributed by atoms with Gasteiger partial charge in [-0.05, 0) is 74.7 Å². The first kappa shape index (κ1) is 13.0. The molecule has 0 aromatic rings. The number of ketones is 2. The highest BCUT2D eigenvalue weighted by atomic mass is 16.1. The summed E-state index contributed by atoms with van der Waals surface area (Å²) in [6.07, 6.45) is 10.1. The number of rotatable bonds is 4. The van der Waals surface area contributed by atoms with E-state index in [1.54, 1.807) is 13.8 Å². The van der Waals surface area contributed by atoms with Gasteiger partial charge in [0, 0.05) is 0 Å². The second-order valence-electron chi connectivity index (χ2n) is 5.16. The van der Waals surface area contributed by atoms with Gasteiger partial charge in [-0.15, -0.1) is 0 Å². The van der Waals surface area contributed by atoms with Gasteiger partial charge in [-0.25, -0.2) is 0 Å². The van der Waals surface area contributed by atoms with E-state index in [4.69, 9.17) is 0 Å². The van der Waals surface area contributed by atoms with Gasteiger partial charge in [-0.2, -0.15) is 0 Å². The number of Topliss-reactive ketones (excluding diaryl/α,β-unsaturated/α-hetero) is 2. The summed E-state index contributed by atoms with van der Waals surface area (Å²) >= 11 is 0. The molecule has 0 saturated heterocycles. The molecule has 0 bridgehead atoms. The maximum Gasteiger partial charge on any atom is 0.156 e. The minimum absolute atomic E-state index is 0.194. The summed E-state index contributed by atoms with van der Waals surface area (Å²) in [7, 11) is 0. The molecular formula is C16H20O2. The largest absolute Gasteiger partial charge is 0.295 e. The molecule has 0 spiro atoms. The zero-order valence-electron chi connectivity index (χ0n) is 11.2. The lowest BCUT2D eigenvalue weighted by Gasteiger charge is -2.00. The molecule has 96 valence electrons. The summed E-state index contributed by atoms with van der Waals surface area (Å²) in [6, 6.07) is 0. The Bertz CT molecular complexity index is 431. The van der Waals surface area contributed by atoms with E-state index < -0.39 is 0 Å².